The third kappa shape index (κ3) is 6.34. The van der Waals surface area contributed by atoms with Gasteiger partial charge in [-0.15, -0.1) is 5.10 Å². The fraction of sp³-hybridized carbons (Fsp3) is 0.350. The topological polar surface area (TPSA) is 128 Å². The van der Waals surface area contributed by atoms with Gasteiger partial charge in [0.2, 0.25) is 11.8 Å². The lowest BCUT2D eigenvalue weighted by Gasteiger charge is -2.33. The molecule has 3 fully saturated rings. The van der Waals surface area contributed by atoms with Crippen LogP contribution in [-0.4, -0.2) is 74.4 Å². The van der Waals surface area contributed by atoms with Crippen LogP contribution in [0, 0.1) is 11.7 Å². The SMILES string of the molecule is O=C1CCC(N2Cc3cc(NCC4CCN(c5cccc(-c6cnc7ccc(N8CCCC8c8cccc(F)c8)nn67)n5)CC4)ccc3C2=O)C(=O)N1. The molecule has 0 saturated carbocycles. The average molecular weight is 714 g/mol. The maximum Gasteiger partial charge on any atom is 0.255 e. The van der Waals surface area contributed by atoms with Crippen LogP contribution in [0.15, 0.2) is 79.0 Å². The minimum atomic E-state index is -0.615. The minimum Gasteiger partial charge on any atom is -0.385 e. The third-order valence-corrected chi connectivity index (χ3v) is 11.2. The number of hydrogen-bond acceptors (Lipinski definition) is 9. The number of amides is 3. The lowest BCUT2D eigenvalue weighted by molar-refractivity contribution is -0.136. The summed E-state index contributed by atoms with van der Waals surface area (Å²) in [6, 6.07) is 22.2. The number of rotatable bonds is 8. The van der Waals surface area contributed by atoms with Crippen LogP contribution in [0.3, 0.4) is 0 Å². The van der Waals surface area contributed by atoms with Crippen LogP contribution < -0.4 is 20.4 Å². The van der Waals surface area contributed by atoms with E-state index in [-0.39, 0.29) is 30.1 Å². The number of piperidine rings is 2. The lowest BCUT2D eigenvalue weighted by atomic mass is 9.96. The molecule has 4 aliphatic rings. The zero-order valence-electron chi connectivity index (χ0n) is 29.2. The Kier molecular flexibility index (Phi) is 8.48. The third-order valence-electron chi connectivity index (χ3n) is 11.2. The van der Waals surface area contributed by atoms with Crippen molar-refractivity contribution in [1.82, 2.24) is 29.8 Å². The highest BCUT2D eigenvalue weighted by molar-refractivity contribution is 6.05. The van der Waals surface area contributed by atoms with Gasteiger partial charge in [-0.3, -0.25) is 19.7 Å². The van der Waals surface area contributed by atoms with Crippen molar-refractivity contribution in [2.24, 2.45) is 5.92 Å². The Morgan fingerprint density at radius 1 is 0.849 bits per heavy atom. The second-order valence-electron chi connectivity index (χ2n) is 14.5. The largest absolute Gasteiger partial charge is 0.385 e. The number of aromatic nitrogens is 4. The van der Waals surface area contributed by atoms with Gasteiger partial charge in [0, 0.05) is 50.4 Å². The number of imidazole rings is 1. The molecule has 2 atom stereocenters. The smallest absolute Gasteiger partial charge is 0.255 e. The van der Waals surface area contributed by atoms with E-state index in [0.717, 1.165) is 97.3 Å². The molecule has 2 N–H and O–H groups in total. The van der Waals surface area contributed by atoms with E-state index in [1.54, 1.807) is 17.0 Å². The van der Waals surface area contributed by atoms with E-state index < -0.39 is 11.9 Å². The number of anilines is 3. The predicted octanol–water partition coefficient (Wildman–Crippen LogP) is 5.36. The summed E-state index contributed by atoms with van der Waals surface area (Å²) < 4.78 is 15.9. The average Bonchev–Trinajstić information content (AvgIpc) is 3.92. The van der Waals surface area contributed by atoms with E-state index in [1.807, 2.05) is 59.2 Å². The number of halogens is 1. The van der Waals surface area contributed by atoms with E-state index in [4.69, 9.17) is 10.1 Å². The first kappa shape index (κ1) is 33.0. The molecule has 2 aromatic carbocycles. The normalized spacial score (nSPS) is 20.7. The Morgan fingerprint density at radius 2 is 1.72 bits per heavy atom. The molecule has 12 nitrogen and oxygen atoms in total. The van der Waals surface area contributed by atoms with Crippen molar-refractivity contribution in [2.75, 3.05) is 41.3 Å². The zero-order chi connectivity index (χ0) is 36.1. The molecule has 5 aromatic rings. The summed E-state index contributed by atoms with van der Waals surface area (Å²) in [6.45, 7) is 3.80. The van der Waals surface area contributed by atoms with Crippen LogP contribution in [0.5, 0.6) is 0 Å². The molecule has 0 radical (unpaired) electrons. The maximum atomic E-state index is 14.1. The Hall–Kier alpha value is -5.85. The zero-order valence-corrected chi connectivity index (χ0v) is 29.2. The maximum absolute atomic E-state index is 14.1. The van der Waals surface area contributed by atoms with Crippen molar-refractivity contribution < 1.29 is 18.8 Å². The molecule has 13 heteroatoms. The predicted molar refractivity (Wildman–Crippen MR) is 198 cm³/mol. The van der Waals surface area contributed by atoms with Gasteiger partial charge in [-0.2, -0.15) is 0 Å². The fourth-order valence-corrected chi connectivity index (χ4v) is 8.35. The summed E-state index contributed by atoms with van der Waals surface area (Å²) in [4.78, 5) is 53.0. The fourth-order valence-electron chi connectivity index (χ4n) is 8.35. The molecule has 7 heterocycles. The van der Waals surface area contributed by atoms with Crippen molar-refractivity contribution in [3.8, 4) is 11.4 Å². The van der Waals surface area contributed by atoms with Gasteiger partial charge in [0.15, 0.2) is 5.65 Å². The summed E-state index contributed by atoms with van der Waals surface area (Å²) in [7, 11) is 0. The van der Waals surface area contributed by atoms with Gasteiger partial charge >= 0.3 is 0 Å². The molecule has 4 aliphatic heterocycles. The van der Waals surface area contributed by atoms with Crippen LogP contribution >= 0.6 is 0 Å². The number of nitrogens with one attached hydrogen (secondary N) is 2. The van der Waals surface area contributed by atoms with Gasteiger partial charge < -0.3 is 20.0 Å². The summed E-state index contributed by atoms with van der Waals surface area (Å²) >= 11 is 0. The molecule has 0 spiro atoms. The Balaban J connectivity index is 0.834. The van der Waals surface area contributed by atoms with Crippen LogP contribution in [0.1, 0.15) is 66.1 Å². The van der Waals surface area contributed by atoms with Crippen molar-refractivity contribution in [1.29, 1.82) is 0 Å². The van der Waals surface area contributed by atoms with Crippen LogP contribution in [0.25, 0.3) is 17.0 Å². The Morgan fingerprint density at radius 3 is 2.57 bits per heavy atom. The van der Waals surface area contributed by atoms with E-state index in [0.29, 0.717) is 24.4 Å². The van der Waals surface area contributed by atoms with Gasteiger partial charge in [-0.1, -0.05) is 18.2 Å². The molecule has 9 rings (SSSR count). The number of carbonyl (C=O) groups excluding carboxylic acids is 3. The first-order chi connectivity index (χ1) is 25.9. The highest BCUT2D eigenvalue weighted by Gasteiger charge is 2.39. The number of pyridine rings is 1. The molecular weight excluding hydrogens is 673 g/mol. The van der Waals surface area contributed by atoms with Crippen molar-refractivity contribution in [3.63, 3.8) is 0 Å². The number of benzene rings is 2. The molecule has 53 heavy (non-hydrogen) atoms. The summed E-state index contributed by atoms with van der Waals surface area (Å²) in [6.07, 6.45) is 6.39. The summed E-state index contributed by atoms with van der Waals surface area (Å²) in [5, 5.41) is 11.0. The molecule has 0 aliphatic carbocycles. The second-order valence-corrected chi connectivity index (χ2v) is 14.5. The first-order valence-corrected chi connectivity index (χ1v) is 18.5. The first-order valence-electron chi connectivity index (χ1n) is 18.5. The molecule has 0 bridgehead atoms. The van der Waals surface area contributed by atoms with Crippen LogP contribution in [0.2, 0.25) is 0 Å². The van der Waals surface area contributed by atoms with Gasteiger partial charge in [-0.05, 0) is 104 Å². The van der Waals surface area contributed by atoms with Crippen LogP contribution in [0.4, 0.5) is 21.7 Å². The lowest BCUT2D eigenvalue weighted by Crippen LogP contribution is -2.52. The highest BCUT2D eigenvalue weighted by atomic mass is 19.1. The van der Waals surface area contributed by atoms with Crippen molar-refractivity contribution >= 4 is 40.7 Å². The van der Waals surface area contributed by atoms with E-state index in [2.05, 4.69) is 31.5 Å². The quantitative estimate of drug-likeness (QED) is 0.204. The summed E-state index contributed by atoms with van der Waals surface area (Å²) in [5.41, 5.74) is 5.80. The standard InChI is InChI=1S/C40H40FN9O3/c41-28-5-1-4-26(20-28)32-7-3-17-48(32)37-13-12-35-43-23-34(50(35)46-37)31-6-2-8-36(44-31)47-18-15-25(16-19-47)22-42-29-9-10-30-27(21-29)24-49(40(30)53)33-11-14-38(51)45-39(33)52/h1-2,4-6,8-10,12-13,20-21,23,25,32-33,42H,3,7,11,14-19,22,24H2,(H,45,51,52). The molecule has 2 unspecified atom stereocenters. The number of hydrogen-bond donors (Lipinski definition) is 2. The van der Waals surface area contributed by atoms with E-state index in [1.165, 1.54) is 6.07 Å². The monoisotopic (exact) mass is 713 g/mol. The Labute approximate surface area is 306 Å². The van der Waals surface area contributed by atoms with Gasteiger partial charge in [0.05, 0.1) is 17.9 Å². The van der Waals surface area contributed by atoms with E-state index in [9.17, 15) is 18.8 Å². The minimum absolute atomic E-state index is 0.0686. The Bertz CT molecular complexity index is 2230. The van der Waals surface area contributed by atoms with Crippen molar-refractivity contribution in [2.45, 2.75) is 57.2 Å². The number of imide groups is 1. The molecule has 3 amide bonds. The van der Waals surface area contributed by atoms with Crippen LogP contribution in [-0.2, 0) is 16.1 Å². The van der Waals surface area contributed by atoms with Crippen molar-refractivity contribution in [3.05, 3.63) is 102 Å². The number of carbonyl (C=O) groups is 3. The second kappa shape index (κ2) is 13.6. The molecule has 3 aromatic heterocycles. The molecular formula is C40H40FN9O3. The van der Waals surface area contributed by atoms with Gasteiger partial charge in [0.1, 0.15) is 29.2 Å². The highest BCUT2D eigenvalue weighted by Crippen LogP contribution is 2.36. The number of nitrogens with zero attached hydrogens (tertiary/aromatic N) is 7. The van der Waals surface area contributed by atoms with E-state index >= 15 is 0 Å². The molecule has 3 saturated heterocycles. The molecule has 270 valence electrons. The van der Waals surface area contributed by atoms with Gasteiger partial charge in [0.25, 0.3) is 5.91 Å². The summed E-state index contributed by atoms with van der Waals surface area (Å²) in [5.74, 6) is 1.17. The van der Waals surface area contributed by atoms with Gasteiger partial charge in [-0.25, -0.2) is 18.9 Å². The number of fused-ring (bicyclic) bond motifs is 2.